The molecule has 1 aromatic rings. The van der Waals surface area contributed by atoms with Crippen molar-refractivity contribution in [2.75, 3.05) is 0 Å². The molecule has 1 aliphatic rings. The van der Waals surface area contributed by atoms with E-state index < -0.39 is 0 Å². The maximum atomic E-state index is 13.0. The van der Waals surface area contributed by atoms with Crippen LogP contribution in [0.25, 0.3) is 0 Å². The van der Waals surface area contributed by atoms with Crippen molar-refractivity contribution in [1.82, 2.24) is 10.3 Å². The molecule has 0 saturated heterocycles. The lowest BCUT2D eigenvalue weighted by atomic mass is 9.77. The van der Waals surface area contributed by atoms with E-state index in [0.29, 0.717) is 12.0 Å². The fourth-order valence-corrected chi connectivity index (χ4v) is 3.18. The number of aromatic nitrogens is 1. The van der Waals surface area contributed by atoms with Crippen molar-refractivity contribution in [3.8, 4) is 0 Å². The Morgan fingerprint density at radius 3 is 2.68 bits per heavy atom. The van der Waals surface area contributed by atoms with Gasteiger partial charge in [-0.2, -0.15) is 0 Å². The molecule has 3 heteroatoms. The molecule has 2 nitrogen and oxygen atoms in total. The van der Waals surface area contributed by atoms with E-state index in [4.69, 9.17) is 0 Å². The molecule has 0 radical (unpaired) electrons. The summed E-state index contributed by atoms with van der Waals surface area (Å²) in [5.41, 5.74) is 0.981. The highest BCUT2D eigenvalue weighted by atomic mass is 19.1. The Balaban J connectivity index is 2.17. The maximum absolute atomic E-state index is 13.0. The quantitative estimate of drug-likeness (QED) is 0.886. The largest absolute Gasteiger partial charge is 0.306 e. The lowest BCUT2D eigenvalue weighted by Gasteiger charge is -2.34. The molecule has 106 valence electrons. The molecule has 1 fully saturated rings. The summed E-state index contributed by atoms with van der Waals surface area (Å²) in [7, 11) is 0. The zero-order valence-corrected chi connectivity index (χ0v) is 12.2. The van der Waals surface area contributed by atoms with Crippen LogP contribution in [0.3, 0.4) is 0 Å². The lowest BCUT2D eigenvalue weighted by Crippen LogP contribution is -2.35. The van der Waals surface area contributed by atoms with Gasteiger partial charge in [-0.3, -0.25) is 4.98 Å². The van der Waals surface area contributed by atoms with Crippen LogP contribution in [0.5, 0.6) is 0 Å². The average Bonchev–Trinajstić information content (AvgIpc) is 2.37. The van der Waals surface area contributed by atoms with Crippen molar-refractivity contribution in [2.45, 2.75) is 58.5 Å². The number of pyridine rings is 1. The van der Waals surface area contributed by atoms with Crippen molar-refractivity contribution in [2.24, 2.45) is 11.8 Å². The Kier molecular flexibility index (Phi) is 4.92. The molecule has 1 aromatic heterocycles. The zero-order chi connectivity index (χ0) is 13.8. The summed E-state index contributed by atoms with van der Waals surface area (Å²) in [6.07, 6.45) is 6.44. The van der Waals surface area contributed by atoms with E-state index in [9.17, 15) is 4.39 Å². The van der Waals surface area contributed by atoms with Crippen LogP contribution in [0.2, 0.25) is 0 Å². The second-order valence-corrected chi connectivity index (χ2v) is 6.23. The number of nitrogens with zero attached hydrogens (tertiary/aromatic N) is 1. The van der Waals surface area contributed by atoms with Gasteiger partial charge in [0.25, 0.3) is 0 Å². The first kappa shape index (κ1) is 14.4. The summed E-state index contributed by atoms with van der Waals surface area (Å²) in [4.78, 5) is 4.29. The number of nitrogens with one attached hydrogen (secondary N) is 1. The first-order chi connectivity index (χ1) is 9.06. The van der Waals surface area contributed by atoms with Crippen molar-refractivity contribution in [3.63, 3.8) is 0 Å². The number of rotatable bonds is 4. The molecular formula is C16H25FN2. The van der Waals surface area contributed by atoms with Gasteiger partial charge in [0.05, 0.1) is 17.9 Å². The van der Waals surface area contributed by atoms with E-state index in [2.05, 4.69) is 31.1 Å². The fraction of sp³-hybridized carbons (Fsp3) is 0.688. The number of hydrogen-bond acceptors (Lipinski definition) is 2. The van der Waals surface area contributed by atoms with Gasteiger partial charge in [0.2, 0.25) is 0 Å². The molecular weight excluding hydrogens is 239 g/mol. The summed E-state index contributed by atoms with van der Waals surface area (Å²) in [5, 5.41) is 3.62. The first-order valence-corrected chi connectivity index (χ1v) is 7.43. The van der Waals surface area contributed by atoms with Crippen LogP contribution < -0.4 is 5.32 Å². The third-order valence-electron chi connectivity index (χ3n) is 4.03. The third-order valence-corrected chi connectivity index (χ3v) is 4.03. The van der Waals surface area contributed by atoms with Gasteiger partial charge in [-0.1, -0.05) is 33.6 Å². The molecule has 3 unspecified atom stereocenters. The van der Waals surface area contributed by atoms with Crippen LogP contribution in [-0.2, 0) is 0 Å². The molecule has 0 aliphatic heterocycles. The Hall–Kier alpha value is -0.960. The minimum absolute atomic E-state index is 0.253. The van der Waals surface area contributed by atoms with E-state index in [-0.39, 0.29) is 11.9 Å². The SMILES string of the molecule is CC1CCCC(C(NC(C)C)c2ccc(F)cn2)C1. The van der Waals surface area contributed by atoms with E-state index in [0.717, 1.165) is 11.6 Å². The monoisotopic (exact) mass is 264 g/mol. The molecule has 1 aliphatic carbocycles. The normalized spacial score (nSPS) is 25.5. The van der Waals surface area contributed by atoms with Crippen molar-refractivity contribution >= 4 is 0 Å². The summed E-state index contributed by atoms with van der Waals surface area (Å²) < 4.78 is 13.0. The number of hydrogen-bond donors (Lipinski definition) is 1. The predicted octanol–water partition coefficient (Wildman–Crippen LogP) is 4.09. The predicted molar refractivity (Wildman–Crippen MR) is 76.3 cm³/mol. The van der Waals surface area contributed by atoms with Gasteiger partial charge in [0, 0.05) is 6.04 Å². The molecule has 0 spiro atoms. The first-order valence-electron chi connectivity index (χ1n) is 7.43. The van der Waals surface area contributed by atoms with Gasteiger partial charge in [-0.15, -0.1) is 0 Å². The highest BCUT2D eigenvalue weighted by Gasteiger charge is 2.28. The summed E-state index contributed by atoms with van der Waals surface area (Å²) in [6.45, 7) is 6.64. The Morgan fingerprint density at radius 1 is 1.32 bits per heavy atom. The van der Waals surface area contributed by atoms with Gasteiger partial charge < -0.3 is 5.32 Å². The number of halogens is 1. The lowest BCUT2D eigenvalue weighted by molar-refractivity contribution is 0.213. The van der Waals surface area contributed by atoms with Crippen LogP contribution in [0.4, 0.5) is 4.39 Å². The fourth-order valence-electron chi connectivity index (χ4n) is 3.18. The molecule has 3 atom stereocenters. The molecule has 1 N–H and O–H groups in total. The topological polar surface area (TPSA) is 24.9 Å². The highest BCUT2D eigenvalue weighted by molar-refractivity contribution is 5.11. The van der Waals surface area contributed by atoms with Crippen molar-refractivity contribution < 1.29 is 4.39 Å². The summed E-state index contributed by atoms with van der Waals surface area (Å²) >= 11 is 0. The van der Waals surface area contributed by atoms with Gasteiger partial charge in [0.1, 0.15) is 5.82 Å². The van der Waals surface area contributed by atoms with Crippen molar-refractivity contribution in [1.29, 1.82) is 0 Å². The van der Waals surface area contributed by atoms with Crippen LogP contribution in [-0.4, -0.2) is 11.0 Å². The van der Waals surface area contributed by atoms with E-state index >= 15 is 0 Å². The smallest absolute Gasteiger partial charge is 0.141 e. The summed E-state index contributed by atoms with van der Waals surface area (Å²) in [5.74, 6) is 1.14. The van der Waals surface area contributed by atoms with E-state index in [1.54, 1.807) is 0 Å². The summed E-state index contributed by atoms with van der Waals surface area (Å²) in [6, 6.07) is 4.01. The Bertz CT molecular complexity index is 388. The van der Waals surface area contributed by atoms with Crippen LogP contribution >= 0.6 is 0 Å². The Labute approximate surface area is 115 Å². The Morgan fingerprint density at radius 2 is 2.11 bits per heavy atom. The zero-order valence-electron chi connectivity index (χ0n) is 12.2. The molecule has 1 heterocycles. The molecule has 0 amide bonds. The molecule has 2 rings (SSSR count). The van der Waals surface area contributed by atoms with Crippen LogP contribution in [0, 0.1) is 17.7 Å². The minimum Gasteiger partial charge on any atom is -0.306 e. The third kappa shape index (κ3) is 4.00. The van der Waals surface area contributed by atoms with Crippen molar-refractivity contribution in [3.05, 3.63) is 29.8 Å². The molecule has 0 aromatic carbocycles. The average molecular weight is 264 g/mol. The second-order valence-electron chi connectivity index (χ2n) is 6.23. The van der Waals surface area contributed by atoms with E-state index in [1.807, 2.05) is 6.07 Å². The van der Waals surface area contributed by atoms with E-state index in [1.165, 1.54) is 37.9 Å². The van der Waals surface area contributed by atoms with Gasteiger partial charge in [0.15, 0.2) is 0 Å². The standard InChI is InChI=1S/C16H25FN2/c1-11(2)19-16(13-6-4-5-12(3)9-13)15-8-7-14(17)10-18-15/h7-8,10-13,16,19H,4-6,9H2,1-3H3. The van der Waals surface area contributed by atoms with Gasteiger partial charge in [-0.05, 0) is 36.8 Å². The molecule has 1 saturated carbocycles. The molecule has 0 bridgehead atoms. The van der Waals surface area contributed by atoms with Gasteiger partial charge >= 0.3 is 0 Å². The van der Waals surface area contributed by atoms with Crippen LogP contribution in [0.15, 0.2) is 18.3 Å². The molecule has 19 heavy (non-hydrogen) atoms. The minimum atomic E-state index is -0.260. The maximum Gasteiger partial charge on any atom is 0.141 e. The second kappa shape index (κ2) is 6.47. The highest BCUT2D eigenvalue weighted by Crippen LogP contribution is 2.36. The van der Waals surface area contributed by atoms with Crippen LogP contribution in [0.1, 0.15) is 58.2 Å². The van der Waals surface area contributed by atoms with Gasteiger partial charge in [-0.25, -0.2) is 4.39 Å².